The van der Waals surface area contributed by atoms with Crippen molar-refractivity contribution in [2.45, 2.75) is 53.4 Å². The Morgan fingerprint density at radius 3 is 2.29 bits per heavy atom. The second kappa shape index (κ2) is 14.8. The van der Waals surface area contributed by atoms with E-state index in [9.17, 15) is 0 Å². The number of rotatable bonds is 7. The third kappa shape index (κ3) is 11.3. The van der Waals surface area contributed by atoms with E-state index in [0.717, 1.165) is 25.1 Å². The molecule has 0 saturated carbocycles. The number of hydrogen-bond acceptors (Lipinski definition) is 3. The molecule has 0 spiro atoms. The van der Waals surface area contributed by atoms with Gasteiger partial charge >= 0.3 is 0 Å². The van der Waals surface area contributed by atoms with E-state index >= 15 is 0 Å². The summed E-state index contributed by atoms with van der Waals surface area (Å²) in [6, 6.07) is 0. The molecule has 0 amide bonds. The fourth-order valence-corrected chi connectivity index (χ4v) is 0.930. The highest BCUT2D eigenvalue weighted by Gasteiger charge is 1.90. The fourth-order valence-electron chi connectivity index (χ4n) is 0.930. The van der Waals surface area contributed by atoms with Gasteiger partial charge in [0.05, 0.1) is 0 Å². The Kier molecular flexibility index (Phi) is 16.7. The lowest BCUT2D eigenvalue weighted by atomic mass is 10.3. The van der Waals surface area contributed by atoms with Gasteiger partial charge in [0.2, 0.25) is 0 Å². The molecule has 0 atom stereocenters. The highest BCUT2D eigenvalue weighted by Crippen LogP contribution is 1.96. The van der Waals surface area contributed by atoms with Gasteiger partial charge < -0.3 is 10.7 Å². The maximum Gasteiger partial charge on any atom is 0.0415 e. The molecule has 0 heterocycles. The normalized spacial score (nSPS) is 10.2. The van der Waals surface area contributed by atoms with Crippen molar-refractivity contribution >= 4 is 0 Å². The number of nitrogens with one attached hydrogen (secondary N) is 2. The Hall–Kier alpha value is -0.700. The lowest BCUT2D eigenvalue weighted by Gasteiger charge is -2.05. The van der Waals surface area contributed by atoms with Crippen LogP contribution in [0.2, 0.25) is 0 Å². The van der Waals surface area contributed by atoms with E-state index in [0.29, 0.717) is 0 Å². The Balaban J connectivity index is 0. The molecule has 3 heteroatoms. The number of unbranched alkanes of at least 4 members (excludes halogenated alkanes) is 1. The molecule has 0 unspecified atom stereocenters. The largest absolute Gasteiger partial charge is 0.389 e. The maximum atomic E-state index is 5.32. The predicted molar refractivity (Wildman–Crippen MR) is 64.6 cm³/mol. The van der Waals surface area contributed by atoms with Crippen molar-refractivity contribution in [2.24, 2.45) is 5.84 Å². The molecular weight excluding hydrogens is 174 g/mol. The van der Waals surface area contributed by atoms with Crippen molar-refractivity contribution in [3.8, 4) is 0 Å². The molecule has 0 aliphatic carbocycles. The van der Waals surface area contributed by atoms with Gasteiger partial charge in [0.25, 0.3) is 0 Å². The highest BCUT2D eigenvalue weighted by molar-refractivity contribution is 4.95. The number of hydrazine groups is 1. The lowest BCUT2D eigenvalue weighted by Crippen LogP contribution is -2.23. The molecule has 86 valence electrons. The summed E-state index contributed by atoms with van der Waals surface area (Å²) >= 11 is 0. The standard InChI is InChI=1S/C9H21N3.C2H6/c1-3-5-7-11-8-9(12-10)6-4-2;1-2/h8,11-12H,3-7,10H2,1-2H3;1-2H3/b9-8-;. The second-order valence-electron chi connectivity index (χ2n) is 2.87. The van der Waals surface area contributed by atoms with Crippen LogP contribution in [0.25, 0.3) is 0 Å². The van der Waals surface area contributed by atoms with Crippen LogP contribution in [0.5, 0.6) is 0 Å². The summed E-state index contributed by atoms with van der Waals surface area (Å²) in [6.45, 7) is 9.35. The molecule has 0 aromatic rings. The van der Waals surface area contributed by atoms with E-state index < -0.39 is 0 Å². The smallest absolute Gasteiger partial charge is 0.0415 e. The molecule has 0 bridgehead atoms. The van der Waals surface area contributed by atoms with E-state index in [1.807, 2.05) is 20.0 Å². The average molecular weight is 201 g/mol. The van der Waals surface area contributed by atoms with Crippen molar-refractivity contribution in [3.05, 3.63) is 11.9 Å². The van der Waals surface area contributed by atoms with Crippen molar-refractivity contribution in [2.75, 3.05) is 6.54 Å². The molecule has 0 saturated heterocycles. The SMILES string of the molecule is CC.CCCCN/C=C(/CCC)NN. The zero-order valence-corrected chi connectivity index (χ0v) is 10.2. The molecule has 0 aromatic carbocycles. The van der Waals surface area contributed by atoms with Crippen LogP contribution in [0, 0.1) is 0 Å². The summed E-state index contributed by atoms with van der Waals surface area (Å²) in [5, 5.41) is 3.22. The minimum Gasteiger partial charge on any atom is -0.389 e. The van der Waals surface area contributed by atoms with Gasteiger partial charge in [0.1, 0.15) is 0 Å². The molecule has 3 nitrogen and oxygen atoms in total. The molecule has 0 fully saturated rings. The summed E-state index contributed by atoms with van der Waals surface area (Å²) in [6.07, 6.45) is 6.53. The first-order valence-corrected chi connectivity index (χ1v) is 5.74. The van der Waals surface area contributed by atoms with Crippen LogP contribution in [0.3, 0.4) is 0 Å². The van der Waals surface area contributed by atoms with E-state index in [-0.39, 0.29) is 0 Å². The number of allylic oxidation sites excluding steroid dienone is 1. The molecule has 0 radical (unpaired) electrons. The Morgan fingerprint density at radius 2 is 1.86 bits per heavy atom. The maximum absolute atomic E-state index is 5.32. The quantitative estimate of drug-likeness (QED) is 0.337. The van der Waals surface area contributed by atoms with Crippen molar-refractivity contribution in [1.29, 1.82) is 0 Å². The Labute approximate surface area is 89.1 Å². The van der Waals surface area contributed by atoms with E-state index in [1.165, 1.54) is 12.8 Å². The summed E-state index contributed by atoms with van der Waals surface area (Å²) in [5.41, 5.74) is 3.76. The first-order chi connectivity index (χ1) is 6.85. The molecule has 0 rings (SSSR count). The first-order valence-electron chi connectivity index (χ1n) is 5.74. The summed E-state index contributed by atoms with van der Waals surface area (Å²) < 4.78 is 0. The first kappa shape index (κ1) is 15.8. The van der Waals surface area contributed by atoms with Gasteiger partial charge in [-0.15, -0.1) is 0 Å². The van der Waals surface area contributed by atoms with Gasteiger partial charge in [0, 0.05) is 18.4 Å². The van der Waals surface area contributed by atoms with Crippen LogP contribution < -0.4 is 16.6 Å². The fraction of sp³-hybridized carbons (Fsp3) is 0.818. The predicted octanol–water partition coefficient (Wildman–Crippen LogP) is 2.51. The highest BCUT2D eigenvalue weighted by atomic mass is 15.2. The van der Waals surface area contributed by atoms with Gasteiger partial charge in [-0.3, -0.25) is 5.84 Å². The van der Waals surface area contributed by atoms with Crippen LogP contribution in [0.4, 0.5) is 0 Å². The molecule has 14 heavy (non-hydrogen) atoms. The zero-order valence-electron chi connectivity index (χ0n) is 10.2. The molecule has 0 aliphatic heterocycles. The number of nitrogens with two attached hydrogens (primary N) is 1. The third-order valence-electron chi connectivity index (χ3n) is 1.66. The Morgan fingerprint density at radius 1 is 1.21 bits per heavy atom. The van der Waals surface area contributed by atoms with E-state index in [4.69, 9.17) is 5.84 Å². The second-order valence-corrected chi connectivity index (χ2v) is 2.87. The van der Waals surface area contributed by atoms with Crippen LogP contribution in [-0.2, 0) is 0 Å². The van der Waals surface area contributed by atoms with E-state index in [2.05, 4.69) is 24.6 Å². The lowest BCUT2D eigenvalue weighted by molar-refractivity contribution is 0.705. The van der Waals surface area contributed by atoms with Gasteiger partial charge in [-0.2, -0.15) is 0 Å². The molecule has 0 aromatic heterocycles. The minimum absolute atomic E-state index is 1.01. The third-order valence-corrected chi connectivity index (χ3v) is 1.66. The van der Waals surface area contributed by atoms with Crippen LogP contribution in [-0.4, -0.2) is 6.54 Å². The van der Waals surface area contributed by atoms with Crippen LogP contribution in [0.1, 0.15) is 53.4 Å². The van der Waals surface area contributed by atoms with Gasteiger partial charge in [0.15, 0.2) is 0 Å². The topological polar surface area (TPSA) is 50.1 Å². The Bertz CT molecular complexity index is 122. The average Bonchev–Trinajstić information content (AvgIpc) is 2.25. The van der Waals surface area contributed by atoms with E-state index in [1.54, 1.807) is 0 Å². The molecule has 0 aliphatic rings. The van der Waals surface area contributed by atoms with Crippen molar-refractivity contribution in [1.82, 2.24) is 10.7 Å². The van der Waals surface area contributed by atoms with Gasteiger partial charge in [-0.25, -0.2) is 0 Å². The van der Waals surface area contributed by atoms with Crippen molar-refractivity contribution in [3.63, 3.8) is 0 Å². The minimum atomic E-state index is 1.01. The number of hydrogen-bond donors (Lipinski definition) is 3. The van der Waals surface area contributed by atoms with Crippen LogP contribution >= 0.6 is 0 Å². The molecular formula is C11H27N3. The van der Waals surface area contributed by atoms with Crippen LogP contribution in [0.15, 0.2) is 11.9 Å². The van der Waals surface area contributed by atoms with Gasteiger partial charge in [-0.05, 0) is 12.8 Å². The summed E-state index contributed by atoms with van der Waals surface area (Å²) in [7, 11) is 0. The molecule has 4 N–H and O–H groups in total. The summed E-state index contributed by atoms with van der Waals surface area (Å²) in [4.78, 5) is 0. The van der Waals surface area contributed by atoms with Crippen molar-refractivity contribution < 1.29 is 0 Å². The summed E-state index contributed by atoms with van der Waals surface area (Å²) in [5.74, 6) is 5.32. The monoisotopic (exact) mass is 201 g/mol. The van der Waals surface area contributed by atoms with Gasteiger partial charge in [-0.1, -0.05) is 40.5 Å². The zero-order chi connectivity index (χ0) is 11.2.